The van der Waals surface area contributed by atoms with Gasteiger partial charge in [-0.05, 0) is 18.7 Å². The molecule has 1 N–H and O–H groups in total. The predicted octanol–water partition coefficient (Wildman–Crippen LogP) is 3.17. The first kappa shape index (κ1) is 10.1. The molecule has 0 saturated heterocycles. The highest BCUT2D eigenvalue weighted by molar-refractivity contribution is 8.77. The Morgan fingerprint density at radius 2 is 2.33 bits per heavy atom. The first-order chi connectivity index (χ1) is 5.93. The van der Waals surface area contributed by atoms with E-state index in [1.165, 1.54) is 18.6 Å². The summed E-state index contributed by atoms with van der Waals surface area (Å²) in [5.74, 6) is 1.26. The van der Waals surface area contributed by atoms with Gasteiger partial charge in [-0.1, -0.05) is 47.1 Å². The van der Waals surface area contributed by atoms with Crippen molar-refractivity contribution >= 4 is 21.6 Å². The highest BCUT2D eigenvalue weighted by atomic mass is 33.1. The largest absolute Gasteiger partial charge is 0.375 e. The maximum absolute atomic E-state index is 3.27. The lowest BCUT2D eigenvalue weighted by molar-refractivity contribution is 0.897. The summed E-state index contributed by atoms with van der Waals surface area (Å²) in [4.78, 5) is 0. The summed E-state index contributed by atoms with van der Waals surface area (Å²) in [6.45, 7) is 2.23. The molecule has 3 heteroatoms. The number of hydrogen-bond donors (Lipinski definition) is 1. The summed E-state index contributed by atoms with van der Waals surface area (Å²) in [7, 11) is 3.86. The number of dihydropyridines is 1. The van der Waals surface area contributed by atoms with Crippen molar-refractivity contribution in [1.82, 2.24) is 5.32 Å². The minimum atomic E-state index is 0.469. The van der Waals surface area contributed by atoms with Crippen molar-refractivity contribution in [2.45, 2.75) is 25.1 Å². The molecule has 1 heterocycles. The summed E-state index contributed by atoms with van der Waals surface area (Å²) < 4.78 is 0. The van der Waals surface area contributed by atoms with Gasteiger partial charge >= 0.3 is 0 Å². The van der Waals surface area contributed by atoms with E-state index in [1.54, 1.807) is 0 Å². The molecule has 1 atom stereocenters. The second-order valence-electron chi connectivity index (χ2n) is 2.60. The normalized spacial score (nSPS) is 20.9. The Morgan fingerprint density at radius 3 is 3.00 bits per heavy atom. The van der Waals surface area contributed by atoms with Gasteiger partial charge in [0.15, 0.2) is 0 Å². The van der Waals surface area contributed by atoms with Crippen LogP contribution in [0.15, 0.2) is 24.4 Å². The van der Waals surface area contributed by atoms with Gasteiger partial charge < -0.3 is 5.32 Å². The van der Waals surface area contributed by atoms with E-state index in [9.17, 15) is 0 Å². The van der Waals surface area contributed by atoms with Crippen LogP contribution in [-0.2, 0) is 0 Å². The Kier molecular flexibility index (Phi) is 5.44. The molecule has 0 radical (unpaired) electrons. The minimum absolute atomic E-state index is 0.469. The van der Waals surface area contributed by atoms with Crippen LogP contribution < -0.4 is 5.32 Å². The van der Waals surface area contributed by atoms with Crippen LogP contribution in [0.2, 0.25) is 0 Å². The summed E-state index contributed by atoms with van der Waals surface area (Å²) in [6.07, 6.45) is 10.9. The zero-order valence-corrected chi connectivity index (χ0v) is 8.96. The van der Waals surface area contributed by atoms with Gasteiger partial charge in [-0.2, -0.15) is 0 Å². The molecule has 1 nitrogen and oxygen atoms in total. The van der Waals surface area contributed by atoms with E-state index >= 15 is 0 Å². The Bertz CT molecular complexity index is 166. The summed E-state index contributed by atoms with van der Waals surface area (Å²) in [5, 5.41) is 3.74. The molecule has 0 fully saturated rings. The summed E-state index contributed by atoms with van der Waals surface area (Å²) >= 11 is 0. The fraction of sp³-hybridized carbons (Fsp3) is 0.556. The molecule has 1 aliphatic rings. The van der Waals surface area contributed by atoms with Crippen LogP contribution in [0.25, 0.3) is 0 Å². The standard InChI is InChI=1S/C9H15NS2/c1-2-3-8-11-12-9-6-4-5-7-10-9/h4-7,9-10H,2-3,8H2,1H3. The van der Waals surface area contributed by atoms with Gasteiger partial charge in [-0.3, -0.25) is 0 Å². The third-order valence-electron chi connectivity index (χ3n) is 1.51. The van der Waals surface area contributed by atoms with Crippen LogP contribution in [-0.4, -0.2) is 11.1 Å². The molecule has 1 rings (SSSR count). The van der Waals surface area contributed by atoms with Crippen LogP contribution in [0.5, 0.6) is 0 Å². The molecule has 0 aromatic heterocycles. The molecule has 0 saturated carbocycles. The van der Waals surface area contributed by atoms with E-state index in [1.807, 2.05) is 33.9 Å². The first-order valence-corrected chi connectivity index (χ1v) is 6.69. The zero-order chi connectivity index (χ0) is 8.65. The van der Waals surface area contributed by atoms with Crippen LogP contribution >= 0.6 is 21.6 Å². The maximum Gasteiger partial charge on any atom is 0.101 e. The van der Waals surface area contributed by atoms with Crippen molar-refractivity contribution in [1.29, 1.82) is 0 Å². The Labute approximate surface area is 82.5 Å². The third kappa shape index (κ3) is 4.12. The third-order valence-corrected chi connectivity index (χ3v) is 4.13. The zero-order valence-electron chi connectivity index (χ0n) is 7.32. The number of rotatable bonds is 5. The maximum atomic E-state index is 3.27. The Morgan fingerprint density at radius 1 is 1.42 bits per heavy atom. The molecule has 12 heavy (non-hydrogen) atoms. The minimum Gasteiger partial charge on any atom is -0.375 e. The molecular weight excluding hydrogens is 186 g/mol. The molecular formula is C9H15NS2. The van der Waals surface area contributed by atoms with E-state index < -0.39 is 0 Å². The summed E-state index contributed by atoms with van der Waals surface area (Å²) in [5.41, 5.74) is 0. The van der Waals surface area contributed by atoms with Crippen LogP contribution in [0.4, 0.5) is 0 Å². The van der Waals surface area contributed by atoms with E-state index in [-0.39, 0.29) is 0 Å². The van der Waals surface area contributed by atoms with Crippen molar-refractivity contribution in [3.8, 4) is 0 Å². The monoisotopic (exact) mass is 201 g/mol. The van der Waals surface area contributed by atoms with E-state index in [0.717, 1.165) is 0 Å². The SMILES string of the molecule is CCCCSSC1C=CC=CN1. The van der Waals surface area contributed by atoms with Crippen LogP contribution in [0, 0.1) is 0 Å². The molecule has 1 aliphatic heterocycles. The number of nitrogens with one attached hydrogen (secondary N) is 1. The van der Waals surface area contributed by atoms with Gasteiger partial charge in [-0.25, -0.2) is 0 Å². The van der Waals surface area contributed by atoms with Crippen molar-refractivity contribution in [2.75, 3.05) is 5.75 Å². The highest BCUT2D eigenvalue weighted by Crippen LogP contribution is 2.27. The molecule has 0 aromatic carbocycles. The number of unbranched alkanes of at least 4 members (excludes halogenated alkanes) is 1. The average molecular weight is 201 g/mol. The van der Waals surface area contributed by atoms with Gasteiger partial charge in [0.05, 0.1) is 0 Å². The van der Waals surface area contributed by atoms with Crippen LogP contribution in [0.3, 0.4) is 0 Å². The van der Waals surface area contributed by atoms with E-state index in [4.69, 9.17) is 0 Å². The van der Waals surface area contributed by atoms with Crippen LogP contribution in [0.1, 0.15) is 19.8 Å². The van der Waals surface area contributed by atoms with Gasteiger partial charge in [0.1, 0.15) is 5.37 Å². The lowest BCUT2D eigenvalue weighted by Gasteiger charge is -2.13. The second-order valence-corrected chi connectivity index (χ2v) is 5.23. The van der Waals surface area contributed by atoms with E-state index in [2.05, 4.69) is 24.4 Å². The Balaban J connectivity index is 2.00. The van der Waals surface area contributed by atoms with Crippen molar-refractivity contribution in [3.63, 3.8) is 0 Å². The number of hydrogen-bond acceptors (Lipinski definition) is 3. The van der Waals surface area contributed by atoms with Gasteiger partial charge in [0.2, 0.25) is 0 Å². The lowest BCUT2D eigenvalue weighted by Crippen LogP contribution is -2.18. The van der Waals surface area contributed by atoms with Crippen molar-refractivity contribution in [3.05, 3.63) is 24.4 Å². The molecule has 0 aliphatic carbocycles. The van der Waals surface area contributed by atoms with Crippen molar-refractivity contribution in [2.24, 2.45) is 0 Å². The molecule has 0 amide bonds. The molecule has 1 unspecified atom stereocenters. The Hall–Kier alpha value is -0.0200. The lowest BCUT2D eigenvalue weighted by atomic mass is 10.4. The quantitative estimate of drug-likeness (QED) is 0.542. The molecule has 0 bridgehead atoms. The molecule has 68 valence electrons. The molecule has 0 aromatic rings. The van der Waals surface area contributed by atoms with E-state index in [0.29, 0.717) is 5.37 Å². The predicted molar refractivity (Wildman–Crippen MR) is 60.2 cm³/mol. The number of allylic oxidation sites excluding steroid dienone is 2. The van der Waals surface area contributed by atoms with Gasteiger partial charge in [0, 0.05) is 5.75 Å². The second kappa shape index (κ2) is 6.49. The molecule has 0 spiro atoms. The first-order valence-electron chi connectivity index (χ1n) is 4.31. The fourth-order valence-electron chi connectivity index (χ4n) is 0.811. The van der Waals surface area contributed by atoms with Gasteiger partial charge in [0.25, 0.3) is 0 Å². The highest BCUT2D eigenvalue weighted by Gasteiger charge is 2.03. The average Bonchev–Trinajstić information content (AvgIpc) is 2.14. The fourth-order valence-corrected chi connectivity index (χ4v) is 3.19. The topological polar surface area (TPSA) is 12.0 Å². The van der Waals surface area contributed by atoms with Crippen molar-refractivity contribution < 1.29 is 0 Å². The smallest absolute Gasteiger partial charge is 0.101 e. The summed E-state index contributed by atoms with van der Waals surface area (Å²) in [6, 6.07) is 0. The van der Waals surface area contributed by atoms with Gasteiger partial charge in [-0.15, -0.1) is 0 Å².